The largest absolute Gasteiger partial charge is 0.491 e. The Hall–Kier alpha value is -2.40. The van der Waals surface area contributed by atoms with Gasteiger partial charge >= 0.3 is 11.9 Å². The minimum absolute atomic E-state index is 0.288. The molecule has 0 aliphatic carbocycles. The molecule has 10 nitrogen and oxygen atoms in total. The first-order valence-electron chi connectivity index (χ1n) is 9.54. The zero-order chi connectivity index (χ0) is 22.2. The fourth-order valence-electron chi connectivity index (χ4n) is 2.09. The van der Waals surface area contributed by atoms with Crippen molar-refractivity contribution in [2.75, 3.05) is 52.9 Å². The average Bonchev–Trinajstić information content (AvgIpc) is 2.71. The Morgan fingerprint density at radius 2 is 1.10 bits per heavy atom. The molecule has 0 unspecified atom stereocenters. The highest BCUT2D eigenvalue weighted by Crippen LogP contribution is 2.17. The number of carbonyl (C=O) groups is 2. The van der Waals surface area contributed by atoms with E-state index in [2.05, 4.69) is 0 Å². The molecule has 170 valence electrons. The molecule has 0 aliphatic heterocycles. The summed E-state index contributed by atoms with van der Waals surface area (Å²) >= 11 is 0. The van der Waals surface area contributed by atoms with Gasteiger partial charge in [-0.25, -0.2) is 9.59 Å². The van der Waals surface area contributed by atoms with Crippen molar-refractivity contribution in [2.24, 2.45) is 0 Å². The van der Waals surface area contributed by atoms with E-state index in [-0.39, 0.29) is 38.6 Å². The molecule has 0 amide bonds. The van der Waals surface area contributed by atoms with Crippen LogP contribution in [0.1, 0.15) is 13.8 Å². The quantitative estimate of drug-likeness (QED) is 0.330. The molecule has 1 rings (SSSR count). The molecule has 0 radical (unpaired) electrons. The van der Waals surface area contributed by atoms with Crippen LogP contribution in [0, 0.1) is 0 Å². The summed E-state index contributed by atoms with van der Waals surface area (Å²) < 4.78 is 31.9. The van der Waals surface area contributed by atoms with Crippen LogP contribution in [-0.4, -0.2) is 87.2 Å². The van der Waals surface area contributed by atoms with Crippen molar-refractivity contribution in [2.45, 2.75) is 26.1 Å². The monoisotopic (exact) mass is 430 g/mol. The van der Waals surface area contributed by atoms with Crippen molar-refractivity contribution in [3.05, 3.63) is 24.3 Å². The van der Waals surface area contributed by atoms with E-state index in [1.807, 2.05) is 0 Å². The first-order valence-corrected chi connectivity index (χ1v) is 9.54. The van der Waals surface area contributed by atoms with Crippen LogP contribution >= 0.6 is 0 Å². The summed E-state index contributed by atoms with van der Waals surface area (Å²) in [5.41, 5.74) is 0. The molecule has 30 heavy (non-hydrogen) atoms. The van der Waals surface area contributed by atoms with Gasteiger partial charge in [0, 0.05) is 0 Å². The molecule has 0 saturated heterocycles. The molecular formula is C20H30O10. The molecule has 0 bridgehead atoms. The minimum Gasteiger partial charge on any atom is -0.491 e. The first kappa shape index (κ1) is 25.6. The highest BCUT2D eigenvalue weighted by atomic mass is 16.6. The fourth-order valence-corrected chi connectivity index (χ4v) is 2.09. The van der Waals surface area contributed by atoms with E-state index in [0.717, 1.165) is 0 Å². The van der Waals surface area contributed by atoms with Gasteiger partial charge in [-0.2, -0.15) is 0 Å². The van der Waals surface area contributed by atoms with Gasteiger partial charge in [0.15, 0.2) is 0 Å². The van der Waals surface area contributed by atoms with Crippen LogP contribution in [0.2, 0.25) is 0 Å². The summed E-state index contributed by atoms with van der Waals surface area (Å²) in [4.78, 5) is 20.8. The maximum atomic E-state index is 10.4. The van der Waals surface area contributed by atoms with Crippen molar-refractivity contribution < 1.29 is 48.2 Å². The lowest BCUT2D eigenvalue weighted by Gasteiger charge is -2.13. The topological polar surface area (TPSA) is 130 Å². The van der Waals surface area contributed by atoms with Crippen LogP contribution in [0.4, 0.5) is 0 Å². The summed E-state index contributed by atoms with van der Waals surface area (Å²) in [5.74, 6) is -0.687. The van der Waals surface area contributed by atoms with Gasteiger partial charge in [-0.1, -0.05) is 0 Å². The molecule has 2 N–H and O–H groups in total. The van der Waals surface area contributed by atoms with Crippen molar-refractivity contribution in [1.29, 1.82) is 0 Å². The van der Waals surface area contributed by atoms with Gasteiger partial charge < -0.3 is 38.6 Å². The molecule has 0 heterocycles. The maximum absolute atomic E-state index is 10.4. The number of aliphatic carboxylic acids is 2. The lowest BCUT2D eigenvalue weighted by molar-refractivity contribution is -0.146. The summed E-state index contributed by atoms with van der Waals surface area (Å²) in [6.07, 6.45) is -0.607. The molecule has 0 aliphatic rings. The lowest BCUT2D eigenvalue weighted by Crippen LogP contribution is -2.21. The highest BCUT2D eigenvalue weighted by molar-refractivity contribution is 5.68. The van der Waals surface area contributed by atoms with E-state index in [4.69, 9.17) is 38.6 Å². The molecular weight excluding hydrogens is 400 g/mol. The SMILES string of the molecule is C[C@@H](COCCOc1ccc(OCCOC[C@H](C)OCC(=O)O)cc1)OCC(=O)O. The zero-order valence-electron chi connectivity index (χ0n) is 17.3. The summed E-state index contributed by atoms with van der Waals surface area (Å²) in [7, 11) is 0. The summed E-state index contributed by atoms with van der Waals surface area (Å²) in [6, 6.07) is 7.10. The van der Waals surface area contributed by atoms with E-state index < -0.39 is 11.9 Å². The molecule has 0 spiro atoms. The van der Waals surface area contributed by atoms with Crippen molar-refractivity contribution in [3.63, 3.8) is 0 Å². The predicted molar refractivity (Wildman–Crippen MR) is 105 cm³/mol. The van der Waals surface area contributed by atoms with Gasteiger partial charge in [0.25, 0.3) is 0 Å². The molecule has 2 atom stereocenters. The highest BCUT2D eigenvalue weighted by Gasteiger charge is 2.06. The molecule has 1 aromatic carbocycles. The molecule has 0 saturated carbocycles. The van der Waals surface area contributed by atoms with Gasteiger partial charge in [0.2, 0.25) is 0 Å². The second kappa shape index (κ2) is 15.4. The second-order valence-electron chi connectivity index (χ2n) is 6.35. The fraction of sp³-hybridized carbons (Fsp3) is 0.600. The van der Waals surface area contributed by atoms with E-state index in [1.165, 1.54) is 0 Å². The Labute approximate surface area is 175 Å². The summed E-state index contributed by atoms with van der Waals surface area (Å²) in [6.45, 7) is 4.76. The van der Waals surface area contributed by atoms with Crippen molar-refractivity contribution >= 4 is 11.9 Å². The zero-order valence-corrected chi connectivity index (χ0v) is 17.3. The van der Waals surface area contributed by atoms with Gasteiger partial charge in [0.05, 0.1) is 38.6 Å². The number of carboxylic acids is 2. The van der Waals surface area contributed by atoms with E-state index >= 15 is 0 Å². The van der Waals surface area contributed by atoms with Gasteiger partial charge in [-0.05, 0) is 38.1 Å². The lowest BCUT2D eigenvalue weighted by atomic mass is 10.3. The van der Waals surface area contributed by atoms with E-state index in [1.54, 1.807) is 38.1 Å². The standard InChI is InChI=1S/C20H30O10/c1-15(29-13-19(21)22)11-25-7-9-27-17-3-5-18(6-4-17)28-10-8-26-12-16(2)30-14-20(23)24/h3-6,15-16H,7-14H2,1-2H3,(H,21,22)(H,23,24)/t15-,16-/m0/s1. The van der Waals surface area contributed by atoms with Crippen LogP contribution in [0.3, 0.4) is 0 Å². The third kappa shape index (κ3) is 13.7. The molecule has 0 aromatic heterocycles. The number of hydrogen-bond acceptors (Lipinski definition) is 8. The van der Waals surface area contributed by atoms with Gasteiger partial charge in [-0.15, -0.1) is 0 Å². The van der Waals surface area contributed by atoms with Crippen LogP contribution in [0.15, 0.2) is 24.3 Å². The summed E-state index contributed by atoms with van der Waals surface area (Å²) in [5, 5.41) is 17.0. The Kier molecular flexibility index (Phi) is 13.2. The van der Waals surface area contributed by atoms with E-state index in [9.17, 15) is 9.59 Å². The minimum atomic E-state index is -1.01. The average molecular weight is 430 g/mol. The van der Waals surface area contributed by atoms with Crippen LogP contribution in [0.5, 0.6) is 11.5 Å². The molecule has 1 aromatic rings. The Morgan fingerprint density at radius 3 is 1.43 bits per heavy atom. The Morgan fingerprint density at radius 1 is 0.733 bits per heavy atom. The smallest absolute Gasteiger partial charge is 0.329 e. The van der Waals surface area contributed by atoms with Gasteiger partial charge in [-0.3, -0.25) is 0 Å². The number of benzene rings is 1. The molecule has 10 heteroatoms. The third-order valence-electron chi connectivity index (χ3n) is 3.50. The number of carboxylic acid groups (broad SMARTS) is 2. The van der Waals surface area contributed by atoms with Crippen molar-refractivity contribution in [3.8, 4) is 11.5 Å². The third-order valence-corrected chi connectivity index (χ3v) is 3.50. The predicted octanol–water partition coefficient (Wildman–Crippen LogP) is 1.46. The maximum Gasteiger partial charge on any atom is 0.329 e. The Bertz CT molecular complexity index is 551. The first-order chi connectivity index (χ1) is 14.4. The molecule has 0 fully saturated rings. The van der Waals surface area contributed by atoms with E-state index in [0.29, 0.717) is 37.9 Å². The van der Waals surface area contributed by atoms with Crippen LogP contribution < -0.4 is 9.47 Å². The second-order valence-corrected chi connectivity index (χ2v) is 6.35. The van der Waals surface area contributed by atoms with Crippen LogP contribution in [-0.2, 0) is 28.5 Å². The Balaban J connectivity index is 2.07. The van der Waals surface area contributed by atoms with Crippen molar-refractivity contribution in [1.82, 2.24) is 0 Å². The van der Waals surface area contributed by atoms with Crippen LogP contribution in [0.25, 0.3) is 0 Å². The number of hydrogen-bond donors (Lipinski definition) is 2. The number of ether oxygens (including phenoxy) is 6. The van der Waals surface area contributed by atoms with Gasteiger partial charge in [0.1, 0.15) is 37.9 Å². The normalized spacial score (nSPS) is 12.9. The number of rotatable bonds is 18.